The van der Waals surface area contributed by atoms with E-state index in [-0.39, 0.29) is 12.1 Å². The molecular formula is C17H24ClN3O. The monoisotopic (exact) mass is 321 g/mol. The third-order valence-corrected chi connectivity index (χ3v) is 5.69. The molecule has 1 aliphatic carbocycles. The SMILES string of the molecule is CC(c1ccccc1Cl)N(C)C(=O)NC1CC12CCNCC2. The summed E-state index contributed by atoms with van der Waals surface area (Å²) >= 11 is 6.24. The van der Waals surface area contributed by atoms with Gasteiger partial charge in [-0.2, -0.15) is 0 Å². The van der Waals surface area contributed by atoms with Gasteiger partial charge in [0, 0.05) is 18.1 Å². The average molecular weight is 322 g/mol. The summed E-state index contributed by atoms with van der Waals surface area (Å²) in [4.78, 5) is 14.2. The number of piperidine rings is 1. The quantitative estimate of drug-likeness (QED) is 0.898. The fourth-order valence-electron chi connectivity index (χ4n) is 3.48. The highest BCUT2D eigenvalue weighted by Crippen LogP contribution is 2.52. The number of carbonyl (C=O) groups is 1. The number of benzene rings is 1. The maximum Gasteiger partial charge on any atom is 0.317 e. The molecule has 1 saturated carbocycles. The van der Waals surface area contributed by atoms with Crippen LogP contribution >= 0.6 is 11.6 Å². The third-order valence-electron chi connectivity index (χ3n) is 5.34. The van der Waals surface area contributed by atoms with Crippen molar-refractivity contribution in [1.82, 2.24) is 15.5 Å². The molecule has 1 aromatic rings. The maximum atomic E-state index is 12.5. The first-order valence-corrected chi connectivity index (χ1v) is 8.40. The standard InChI is InChI=1S/C17H24ClN3O/c1-12(13-5-3-4-6-14(13)18)21(2)16(22)20-15-11-17(15)7-9-19-10-8-17/h3-6,12,15,19H,7-11H2,1-2H3,(H,20,22). The summed E-state index contributed by atoms with van der Waals surface area (Å²) in [6.07, 6.45) is 3.46. The van der Waals surface area contributed by atoms with Crippen LogP contribution in [0.1, 0.15) is 37.8 Å². The minimum absolute atomic E-state index is 0.00664. The van der Waals surface area contributed by atoms with Gasteiger partial charge in [-0.25, -0.2) is 4.79 Å². The number of hydrogen-bond donors (Lipinski definition) is 2. The van der Waals surface area contributed by atoms with Crippen molar-refractivity contribution in [3.63, 3.8) is 0 Å². The first-order valence-electron chi connectivity index (χ1n) is 8.02. The number of urea groups is 1. The van der Waals surface area contributed by atoms with E-state index in [1.165, 1.54) is 12.8 Å². The molecule has 0 aromatic heterocycles. The minimum Gasteiger partial charge on any atom is -0.335 e. The molecule has 2 atom stereocenters. The second kappa shape index (κ2) is 6.09. The second-order valence-corrected chi connectivity index (χ2v) is 7.03. The van der Waals surface area contributed by atoms with Crippen molar-refractivity contribution in [1.29, 1.82) is 0 Å². The van der Waals surface area contributed by atoms with Crippen LogP contribution in [0.15, 0.2) is 24.3 Å². The second-order valence-electron chi connectivity index (χ2n) is 6.63. The molecule has 2 amide bonds. The largest absolute Gasteiger partial charge is 0.335 e. The summed E-state index contributed by atoms with van der Waals surface area (Å²) in [5.41, 5.74) is 1.34. The zero-order valence-corrected chi connectivity index (χ0v) is 14.0. The van der Waals surface area contributed by atoms with Gasteiger partial charge >= 0.3 is 6.03 Å². The molecule has 1 spiro atoms. The van der Waals surface area contributed by atoms with Crippen LogP contribution in [0.3, 0.4) is 0 Å². The Bertz CT molecular complexity index is 557. The Hall–Kier alpha value is -1.26. The van der Waals surface area contributed by atoms with E-state index in [9.17, 15) is 4.79 Å². The Kier molecular flexibility index (Phi) is 4.33. The zero-order valence-electron chi connectivity index (χ0n) is 13.2. The van der Waals surface area contributed by atoms with E-state index in [1.54, 1.807) is 4.90 Å². The molecule has 4 nitrogen and oxygen atoms in total. The molecule has 2 N–H and O–H groups in total. The van der Waals surface area contributed by atoms with E-state index in [4.69, 9.17) is 11.6 Å². The molecule has 2 aliphatic rings. The van der Waals surface area contributed by atoms with Gasteiger partial charge in [-0.3, -0.25) is 0 Å². The lowest BCUT2D eigenvalue weighted by Crippen LogP contribution is -2.42. The molecule has 5 heteroatoms. The van der Waals surface area contributed by atoms with Crippen molar-refractivity contribution in [2.75, 3.05) is 20.1 Å². The Morgan fingerprint density at radius 2 is 2.09 bits per heavy atom. The first kappa shape index (κ1) is 15.6. The highest BCUT2D eigenvalue weighted by atomic mass is 35.5. The van der Waals surface area contributed by atoms with Gasteiger partial charge in [0.25, 0.3) is 0 Å². The number of rotatable bonds is 3. The van der Waals surface area contributed by atoms with Gasteiger partial charge in [0.1, 0.15) is 0 Å². The van der Waals surface area contributed by atoms with Gasteiger partial charge < -0.3 is 15.5 Å². The normalized spacial score (nSPS) is 23.9. The summed E-state index contributed by atoms with van der Waals surface area (Å²) in [5, 5.41) is 7.29. The Morgan fingerprint density at radius 1 is 1.41 bits per heavy atom. The van der Waals surface area contributed by atoms with Crippen molar-refractivity contribution >= 4 is 17.6 Å². The lowest BCUT2D eigenvalue weighted by Gasteiger charge is -2.28. The van der Waals surface area contributed by atoms with Gasteiger partial charge in [-0.05, 0) is 56.3 Å². The Balaban J connectivity index is 1.59. The van der Waals surface area contributed by atoms with E-state index in [0.29, 0.717) is 16.5 Å². The molecule has 1 saturated heterocycles. The summed E-state index contributed by atoms with van der Waals surface area (Å²) in [6.45, 7) is 4.14. The van der Waals surface area contributed by atoms with Crippen LogP contribution in [0.2, 0.25) is 5.02 Å². The van der Waals surface area contributed by atoms with Crippen molar-refractivity contribution in [3.05, 3.63) is 34.9 Å². The summed E-state index contributed by atoms with van der Waals surface area (Å²) in [7, 11) is 1.83. The lowest BCUT2D eigenvalue weighted by molar-refractivity contribution is 0.191. The fraction of sp³-hybridized carbons (Fsp3) is 0.588. The fourth-order valence-corrected chi connectivity index (χ4v) is 3.77. The average Bonchev–Trinajstić information content (AvgIpc) is 3.18. The number of halogens is 1. The van der Waals surface area contributed by atoms with Crippen molar-refractivity contribution in [2.45, 2.75) is 38.3 Å². The maximum absolute atomic E-state index is 12.5. The number of nitrogens with zero attached hydrogens (tertiary/aromatic N) is 1. The number of carbonyl (C=O) groups excluding carboxylic acids is 1. The minimum atomic E-state index is -0.0450. The van der Waals surface area contributed by atoms with E-state index < -0.39 is 0 Å². The Labute approximate surface area is 137 Å². The molecule has 2 fully saturated rings. The van der Waals surface area contributed by atoms with Crippen molar-refractivity contribution in [3.8, 4) is 0 Å². The van der Waals surface area contributed by atoms with E-state index in [0.717, 1.165) is 25.1 Å². The third kappa shape index (κ3) is 2.95. The first-order chi connectivity index (χ1) is 10.5. The molecule has 3 rings (SSSR count). The van der Waals surface area contributed by atoms with Gasteiger partial charge in [0.05, 0.1) is 6.04 Å². The van der Waals surface area contributed by atoms with Crippen LogP contribution in [-0.4, -0.2) is 37.1 Å². The molecule has 1 aromatic carbocycles. The molecule has 2 unspecified atom stereocenters. The molecule has 1 heterocycles. The summed E-state index contributed by atoms with van der Waals surface area (Å²) < 4.78 is 0. The predicted octanol–water partition coefficient (Wildman–Crippen LogP) is 3.18. The summed E-state index contributed by atoms with van der Waals surface area (Å²) in [6, 6.07) is 7.98. The zero-order chi connectivity index (χ0) is 15.7. The molecule has 120 valence electrons. The van der Waals surface area contributed by atoms with Gasteiger partial charge in [-0.1, -0.05) is 29.8 Å². The van der Waals surface area contributed by atoms with E-state index >= 15 is 0 Å². The van der Waals surface area contributed by atoms with Crippen molar-refractivity contribution in [2.24, 2.45) is 5.41 Å². The van der Waals surface area contributed by atoms with E-state index in [2.05, 4.69) is 10.6 Å². The van der Waals surface area contributed by atoms with Crippen LogP contribution in [0, 0.1) is 5.41 Å². The number of amides is 2. The molecule has 1 aliphatic heterocycles. The predicted molar refractivity (Wildman–Crippen MR) is 89.1 cm³/mol. The smallest absolute Gasteiger partial charge is 0.317 e. The van der Waals surface area contributed by atoms with Crippen LogP contribution < -0.4 is 10.6 Å². The highest BCUT2D eigenvalue weighted by Gasteiger charge is 2.54. The van der Waals surface area contributed by atoms with E-state index in [1.807, 2.05) is 38.2 Å². The van der Waals surface area contributed by atoms with Crippen LogP contribution in [0.25, 0.3) is 0 Å². The highest BCUT2D eigenvalue weighted by molar-refractivity contribution is 6.31. The molecule has 22 heavy (non-hydrogen) atoms. The number of nitrogens with one attached hydrogen (secondary N) is 2. The molecular weight excluding hydrogens is 298 g/mol. The summed E-state index contributed by atoms with van der Waals surface area (Å²) in [5.74, 6) is 0. The van der Waals surface area contributed by atoms with Crippen LogP contribution in [0.4, 0.5) is 4.79 Å². The van der Waals surface area contributed by atoms with Gasteiger partial charge in [0.15, 0.2) is 0 Å². The topological polar surface area (TPSA) is 44.4 Å². The Morgan fingerprint density at radius 3 is 2.77 bits per heavy atom. The molecule has 0 radical (unpaired) electrons. The van der Waals surface area contributed by atoms with Crippen LogP contribution in [0.5, 0.6) is 0 Å². The van der Waals surface area contributed by atoms with Crippen molar-refractivity contribution < 1.29 is 4.79 Å². The van der Waals surface area contributed by atoms with Gasteiger partial charge in [-0.15, -0.1) is 0 Å². The molecule has 0 bridgehead atoms. The number of hydrogen-bond acceptors (Lipinski definition) is 2. The van der Waals surface area contributed by atoms with Gasteiger partial charge in [0.2, 0.25) is 0 Å². The van der Waals surface area contributed by atoms with Crippen LogP contribution in [-0.2, 0) is 0 Å². The lowest BCUT2D eigenvalue weighted by atomic mass is 9.94.